The molecule has 0 unspecified atom stereocenters. The van der Waals surface area contributed by atoms with Crippen LogP contribution in [0, 0.1) is 11.8 Å². The van der Waals surface area contributed by atoms with E-state index in [4.69, 9.17) is 0 Å². The third-order valence-corrected chi connectivity index (χ3v) is 4.33. The van der Waals surface area contributed by atoms with Gasteiger partial charge in [0.1, 0.15) is 6.04 Å². The molecule has 3 aromatic carbocycles. The Morgan fingerprint density at radius 3 is 2.08 bits per heavy atom. The van der Waals surface area contributed by atoms with Gasteiger partial charge in [0.2, 0.25) is 0 Å². The van der Waals surface area contributed by atoms with Gasteiger partial charge < -0.3 is 5.21 Å². The molecule has 25 heavy (non-hydrogen) atoms. The number of benzene rings is 3. The summed E-state index contributed by atoms with van der Waals surface area (Å²) < 4.78 is 0.999. The second kappa shape index (κ2) is 8.64. The Labute approximate surface area is 156 Å². The normalized spacial score (nSPS) is 11.6. The molecule has 0 spiro atoms. The minimum Gasteiger partial charge on any atom is -0.312 e. The molecule has 0 aliphatic heterocycles. The summed E-state index contributed by atoms with van der Waals surface area (Å²) in [5.41, 5.74) is 2.91. The lowest BCUT2D eigenvalue weighted by Crippen LogP contribution is -2.24. The van der Waals surface area contributed by atoms with Gasteiger partial charge in [-0.15, -0.1) is 0 Å². The van der Waals surface area contributed by atoms with Crippen molar-refractivity contribution < 1.29 is 5.21 Å². The van der Waals surface area contributed by atoms with Crippen LogP contribution in [0.1, 0.15) is 22.7 Å². The van der Waals surface area contributed by atoms with Crippen LogP contribution in [0.4, 0.5) is 0 Å². The molecule has 1 N–H and O–H groups in total. The van der Waals surface area contributed by atoms with Crippen molar-refractivity contribution in [3.05, 3.63) is 106 Å². The van der Waals surface area contributed by atoms with Crippen LogP contribution in [0.15, 0.2) is 89.4 Å². The van der Waals surface area contributed by atoms with E-state index in [0.717, 1.165) is 21.2 Å². The van der Waals surface area contributed by atoms with Gasteiger partial charge in [0.15, 0.2) is 0 Å². The van der Waals surface area contributed by atoms with Gasteiger partial charge in [0.25, 0.3) is 0 Å². The third-order valence-electron chi connectivity index (χ3n) is 3.80. The lowest BCUT2D eigenvalue weighted by atomic mass is 10.1. The number of hydroxylamine groups is 2. The summed E-state index contributed by atoms with van der Waals surface area (Å²) in [5, 5.41) is 12.0. The van der Waals surface area contributed by atoms with E-state index in [-0.39, 0.29) is 0 Å². The molecule has 0 aromatic heterocycles. The molecule has 0 fully saturated rings. The standard InChI is InChI=1S/C22H18BrNO/c23-21-14-12-20(13-15-21)22(16-11-18-7-3-1-4-8-18)24(25)17-19-9-5-2-6-10-19/h1-10,12-15,22,25H,17H2/t22-/m1/s1. The Kier molecular flexibility index (Phi) is 6.03. The first-order valence-electron chi connectivity index (χ1n) is 8.04. The molecule has 3 rings (SSSR count). The average molecular weight is 392 g/mol. The second-order valence-corrected chi connectivity index (χ2v) is 6.59. The van der Waals surface area contributed by atoms with Gasteiger partial charge in [-0.05, 0) is 35.4 Å². The van der Waals surface area contributed by atoms with Crippen molar-refractivity contribution in [1.82, 2.24) is 5.06 Å². The topological polar surface area (TPSA) is 23.5 Å². The number of rotatable bonds is 4. The molecule has 0 aliphatic carbocycles. The molecule has 0 saturated heterocycles. The fourth-order valence-corrected chi connectivity index (χ4v) is 2.77. The first-order valence-corrected chi connectivity index (χ1v) is 8.83. The minimum absolute atomic E-state index is 0.408. The van der Waals surface area contributed by atoms with Gasteiger partial charge in [0.05, 0.1) is 6.54 Å². The Morgan fingerprint density at radius 1 is 0.840 bits per heavy atom. The molecule has 2 nitrogen and oxygen atoms in total. The van der Waals surface area contributed by atoms with Gasteiger partial charge in [-0.2, -0.15) is 5.06 Å². The molecule has 0 aliphatic rings. The van der Waals surface area contributed by atoms with Crippen LogP contribution in [0.3, 0.4) is 0 Å². The van der Waals surface area contributed by atoms with Crippen LogP contribution in [0.5, 0.6) is 0 Å². The minimum atomic E-state index is -0.409. The van der Waals surface area contributed by atoms with Crippen LogP contribution < -0.4 is 0 Å². The highest BCUT2D eigenvalue weighted by atomic mass is 79.9. The quantitative estimate of drug-likeness (QED) is 0.473. The summed E-state index contributed by atoms with van der Waals surface area (Å²) in [6.45, 7) is 0.408. The molecule has 0 radical (unpaired) electrons. The SMILES string of the molecule is ON(Cc1ccccc1)[C@H](C#Cc1ccccc1)c1ccc(Br)cc1. The van der Waals surface area contributed by atoms with Crippen LogP contribution in [0.25, 0.3) is 0 Å². The van der Waals surface area contributed by atoms with Gasteiger partial charge in [-0.25, -0.2) is 0 Å². The number of hydrogen-bond acceptors (Lipinski definition) is 2. The maximum absolute atomic E-state index is 10.7. The number of nitrogens with zero attached hydrogens (tertiary/aromatic N) is 1. The van der Waals surface area contributed by atoms with E-state index in [1.54, 1.807) is 0 Å². The first-order chi connectivity index (χ1) is 12.2. The molecule has 3 heteroatoms. The van der Waals surface area contributed by atoms with E-state index >= 15 is 0 Å². The first kappa shape index (κ1) is 17.4. The fraction of sp³-hybridized carbons (Fsp3) is 0.0909. The monoisotopic (exact) mass is 391 g/mol. The van der Waals surface area contributed by atoms with Crippen molar-refractivity contribution in [3.8, 4) is 11.8 Å². The lowest BCUT2D eigenvalue weighted by molar-refractivity contribution is -0.121. The number of halogens is 1. The molecule has 124 valence electrons. The highest BCUT2D eigenvalue weighted by Crippen LogP contribution is 2.22. The molecule has 3 aromatic rings. The summed E-state index contributed by atoms with van der Waals surface area (Å²) in [7, 11) is 0. The lowest BCUT2D eigenvalue weighted by Gasteiger charge is -2.22. The average Bonchev–Trinajstić information content (AvgIpc) is 2.65. The highest BCUT2D eigenvalue weighted by Gasteiger charge is 2.17. The van der Waals surface area contributed by atoms with Crippen molar-refractivity contribution in [2.45, 2.75) is 12.6 Å². The highest BCUT2D eigenvalue weighted by molar-refractivity contribution is 9.10. The van der Waals surface area contributed by atoms with Crippen LogP contribution >= 0.6 is 15.9 Å². The Morgan fingerprint density at radius 2 is 1.44 bits per heavy atom. The van der Waals surface area contributed by atoms with E-state index in [1.807, 2.05) is 84.9 Å². The maximum Gasteiger partial charge on any atom is 0.121 e. The summed E-state index contributed by atoms with van der Waals surface area (Å²) in [6.07, 6.45) is 0. The van der Waals surface area contributed by atoms with Gasteiger partial charge in [-0.3, -0.25) is 0 Å². The van der Waals surface area contributed by atoms with Gasteiger partial charge >= 0.3 is 0 Å². The summed E-state index contributed by atoms with van der Waals surface area (Å²) in [5.74, 6) is 6.36. The predicted octanol–water partition coefficient (Wildman–Crippen LogP) is 5.43. The van der Waals surface area contributed by atoms with Crippen molar-refractivity contribution in [1.29, 1.82) is 0 Å². The van der Waals surface area contributed by atoms with E-state index < -0.39 is 6.04 Å². The third kappa shape index (κ3) is 5.04. The summed E-state index contributed by atoms with van der Waals surface area (Å²) in [6, 6.07) is 27.1. The zero-order chi connectivity index (χ0) is 17.5. The largest absolute Gasteiger partial charge is 0.312 e. The Balaban J connectivity index is 1.88. The summed E-state index contributed by atoms with van der Waals surface area (Å²) >= 11 is 3.45. The molecule has 0 amide bonds. The van der Waals surface area contributed by atoms with Gasteiger partial charge in [-0.1, -0.05) is 88.4 Å². The Hall–Kier alpha value is -2.38. The summed E-state index contributed by atoms with van der Waals surface area (Å²) in [4.78, 5) is 0. The van der Waals surface area contributed by atoms with Crippen LogP contribution in [-0.2, 0) is 6.54 Å². The van der Waals surface area contributed by atoms with E-state index in [0.29, 0.717) is 6.54 Å². The molecular formula is C22H18BrNO. The zero-order valence-electron chi connectivity index (χ0n) is 13.6. The number of hydrogen-bond donors (Lipinski definition) is 1. The van der Waals surface area contributed by atoms with Crippen molar-refractivity contribution in [2.24, 2.45) is 0 Å². The molecule has 0 heterocycles. The van der Waals surface area contributed by atoms with Crippen molar-refractivity contribution in [3.63, 3.8) is 0 Å². The van der Waals surface area contributed by atoms with E-state index in [1.165, 1.54) is 5.06 Å². The van der Waals surface area contributed by atoms with Crippen LogP contribution in [0.2, 0.25) is 0 Å². The molecule has 1 atom stereocenters. The van der Waals surface area contributed by atoms with Gasteiger partial charge in [0, 0.05) is 10.0 Å². The second-order valence-electron chi connectivity index (χ2n) is 5.67. The zero-order valence-corrected chi connectivity index (χ0v) is 15.2. The van der Waals surface area contributed by atoms with E-state index in [2.05, 4.69) is 27.8 Å². The smallest absolute Gasteiger partial charge is 0.121 e. The predicted molar refractivity (Wildman–Crippen MR) is 104 cm³/mol. The molecule has 0 bridgehead atoms. The molecule has 0 saturated carbocycles. The van der Waals surface area contributed by atoms with E-state index in [9.17, 15) is 5.21 Å². The maximum atomic E-state index is 10.7. The Bertz CT molecular complexity index is 851. The molecular weight excluding hydrogens is 374 g/mol. The fourth-order valence-electron chi connectivity index (χ4n) is 2.51. The van der Waals surface area contributed by atoms with Crippen molar-refractivity contribution in [2.75, 3.05) is 0 Å². The van der Waals surface area contributed by atoms with Crippen molar-refractivity contribution >= 4 is 15.9 Å². The van der Waals surface area contributed by atoms with Crippen LogP contribution in [-0.4, -0.2) is 10.3 Å².